The molecular formula is C16H18O4S2. The van der Waals surface area contributed by atoms with Crippen molar-refractivity contribution in [3.05, 3.63) is 42.0 Å². The van der Waals surface area contributed by atoms with Crippen LogP contribution in [0.25, 0.3) is 6.08 Å². The van der Waals surface area contributed by atoms with Crippen LogP contribution in [0.15, 0.2) is 36.4 Å². The van der Waals surface area contributed by atoms with Crippen LogP contribution in [0.4, 0.5) is 0 Å². The third-order valence-corrected chi connectivity index (χ3v) is 6.52. The molecule has 22 heavy (non-hydrogen) atoms. The van der Waals surface area contributed by atoms with Gasteiger partial charge in [-0.15, -0.1) is 11.8 Å². The molecule has 0 amide bonds. The van der Waals surface area contributed by atoms with Gasteiger partial charge in [-0.1, -0.05) is 42.5 Å². The Balaban J connectivity index is 2.34. The number of thioether (sulfide) groups is 2. The van der Waals surface area contributed by atoms with Crippen molar-refractivity contribution in [1.82, 2.24) is 0 Å². The van der Waals surface area contributed by atoms with Gasteiger partial charge >= 0.3 is 11.9 Å². The fraction of sp³-hybridized carbons (Fsp3) is 0.375. The minimum atomic E-state index is -1.34. The van der Waals surface area contributed by atoms with Gasteiger partial charge in [-0.3, -0.25) is 0 Å². The molecule has 0 saturated carbocycles. The van der Waals surface area contributed by atoms with Crippen LogP contribution in [0.2, 0.25) is 0 Å². The van der Waals surface area contributed by atoms with Crippen molar-refractivity contribution in [2.24, 2.45) is 0 Å². The number of esters is 2. The predicted octanol–water partition coefficient (Wildman–Crippen LogP) is 2.63. The zero-order valence-corrected chi connectivity index (χ0v) is 14.1. The third-order valence-electron chi connectivity index (χ3n) is 3.35. The average Bonchev–Trinajstić information content (AvgIpc) is 2.59. The number of hydrogen-bond donors (Lipinski definition) is 0. The molecule has 0 radical (unpaired) electrons. The van der Waals surface area contributed by atoms with Crippen molar-refractivity contribution < 1.29 is 19.1 Å². The highest BCUT2D eigenvalue weighted by Crippen LogP contribution is 2.44. The van der Waals surface area contributed by atoms with Crippen molar-refractivity contribution in [3.63, 3.8) is 0 Å². The number of carbonyl (C=O) groups excluding carboxylic acids is 2. The lowest BCUT2D eigenvalue weighted by Gasteiger charge is -2.36. The van der Waals surface area contributed by atoms with Gasteiger partial charge in [0.1, 0.15) is 0 Å². The van der Waals surface area contributed by atoms with E-state index in [0.717, 1.165) is 11.3 Å². The molecule has 0 bridgehead atoms. The Morgan fingerprint density at radius 3 is 2.36 bits per heavy atom. The van der Waals surface area contributed by atoms with Gasteiger partial charge < -0.3 is 9.47 Å². The molecule has 0 spiro atoms. The zero-order chi connectivity index (χ0) is 16.0. The molecule has 2 rings (SSSR count). The first-order valence-electron chi connectivity index (χ1n) is 6.80. The Hall–Kier alpha value is -1.40. The third kappa shape index (κ3) is 3.33. The highest BCUT2D eigenvalue weighted by Gasteiger charge is 2.56. The molecular weight excluding hydrogens is 320 g/mol. The van der Waals surface area contributed by atoms with E-state index >= 15 is 0 Å². The van der Waals surface area contributed by atoms with Gasteiger partial charge in [0.05, 0.1) is 19.5 Å². The largest absolute Gasteiger partial charge is 0.467 e. The standard InChI is InChI=1S/C16H18O4S2/c1-19-14(17)16(15(18)20-2)13(21-10-11-22-16)9-8-12-6-4-3-5-7-12/h3-9,13H,10-11H2,1-2H3/b9-8+. The van der Waals surface area contributed by atoms with Crippen LogP contribution in [-0.2, 0) is 19.1 Å². The van der Waals surface area contributed by atoms with Gasteiger partial charge in [0.2, 0.25) is 4.75 Å². The van der Waals surface area contributed by atoms with Crippen LogP contribution in [-0.4, -0.2) is 47.7 Å². The normalized spacial score (nSPS) is 20.5. The number of carbonyl (C=O) groups is 2. The summed E-state index contributed by atoms with van der Waals surface area (Å²) >= 11 is 2.87. The van der Waals surface area contributed by atoms with Gasteiger partial charge in [0.25, 0.3) is 0 Å². The smallest absolute Gasteiger partial charge is 0.335 e. The highest BCUT2D eigenvalue weighted by molar-refractivity contribution is 8.08. The molecule has 1 aromatic rings. The van der Waals surface area contributed by atoms with Crippen LogP contribution in [0, 0.1) is 0 Å². The average molecular weight is 338 g/mol. The summed E-state index contributed by atoms with van der Waals surface area (Å²) in [5, 5.41) is -0.327. The second kappa shape index (κ2) is 7.74. The summed E-state index contributed by atoms with van der Waals surface area (Å²) in [7, 11) is 2.59. The van der Waals surface area contributed by atoms with E-state index in [1.807, 2.05) is 42.5 Å². The summed E-state index contributed by atoms with van der Waals surface area (Å²) in [6.45, 7) is 0. The van der Waals surface area contributed by atoms with Gasteiger partial charge in [-0.2, -0.15) is 11.8 Å². The quantitative estimate of drug-likeness (QED) is 0.621. The molecule has 1 heterocycles. The Labute approximate surface area is 138 Å². The molecule has 118 valence electrons. The maximum absolute atomic E-state index is 12.3. The molecule has 1 aliphatic rings. The van der Waals surface area contributed by atoms with Gasteiger partial charge in [-0.05, 0) is 5.56 Å². The van der Waals surface area contributed by atoms with Crippen LogP contribution >= 0.6 is 23.5 Å². The van der Waals surface area contributed by atoms with Crippen LogP contribution in [0.1, 0.15) is 5.56 Å². The molecule has 1 aromatic carbocycles. The van der Waals surface area contributed by atoms with E-state index in [1.54, 1.807) is 11.8 Å². The molecule has 1 unspecified atom stereocenters. The number of methoxy groups -OCH3 is 2. The van der Waals surface area contributed by atoms with Crippen molar-refractivity contribution in [2.45, 2.75) is 10.00 Å². The Morgan fingerprint density at radius 2 is 1.77 bits per heavy atom. The molecule has 1 saturated heterocycles. The van der Waals surface area contributed by atoms with E-state index in [9.17, 15) is 9.59 Å². The summed E-state index contributed by atoms with van der Waals surface area (Å²) in [5.74, 6) is 0.452. The molecule has 4 nitrogen and oxygen atoms in total. The maximum Gasteiger partial charge on any atom is 0.335 e. The van der Waals surface area contributed by atoms with Crippen molar-refractivity contribution in [3.8, 4) is 0 Å². The van der Waals surface area contributed by atoms with Gasteiger partial charge in [0, 0.05) is 11.5 Å². The first-order valence-corrected chi connectivity index (χ1v) is 8.84. The topological polar surface area (TPSA) is 52.6 Å². The lowest BCUT2D eigenvalue weighted by atomic mass is 10.0. The fourth-order valence-electron chi connectivity index (χ4n) is 2.27. The Bertz CT molecular complexity index is 541. The van der Waals surface area contributed by atoms with E-state index in [2.05, 4.69) is 0 Å². The first kappa shape index (κ1) is 17.0. The van der Waals surface area contributed by atoms with Crippen LogP contribution in [0.3, 0.4) is 0 Å². The summed E-state index contributed by atoms with van der Waals surface area (Å²) in [6.07, 6.45) is 3.81. The predicted molar refractivity (Wildman–Crippen MR) is 90.9 cm³/mol. The summed E-state index contributed by atoms with van der Waals surface area (Å²) in [4.78, 5) is 24.6. The molecule has 1 fully saturated rings. The summed E-state index contributed by atoms with van der Waals surface area (Å²) in [6, 6.07) is 9.76. The Kier molecular flexibility index (Phi) is 5.97. The Morgan fingerprint density at radius 1 is 1.14 bits per heavy atom. The van der Waals surface area contributed by atoms with Gasteiger partial charge in [0.15, 0.2) is 0 Å². The SMILES string of the molecule is COC(=O)C1(C(=O)OC)SCCSC1/C=C/c1ccccc1. The minimum Gasteiger partial charge on any atom is -0.467 e. The molecule has 0 N–H and O–H groups in total. The molecule has 6 heteroatoms. The minimum absolute atomic E-state index is 0.327. The first-order chi connectivity index (χ1) is 10.6. The van der Waals surface area contributed by atoms with E-state index in [-0.39, 0.29) is 5.25 Å². The van der Waals surface area contributed by atoms with Gasteiger partial charge in [-0.25, -0.2) is 9.59 Å². The summed E-state index contributed by atoms with van der Waals surface area (Å²) < 4.78 is 8.45. The lowest BCUT2D eigenvalue weighted by molar-refractivity contribution is -0.155. The fourth-order valence-corrected chi connectivity index (χ4v) is 5.23. The van der Waals surface area contributed by atoms with Crippen LogP contribution < -0.4 is 0 Å². The van der Waals surface area contributed by atoms with Crippen molar-refractivity contribution in [2.75, 3.05) is 25.7 Å². The number of ether oxygens (including phenoxy) is 2. The zero-order valence-electron chi connectivity index (χ0n) is 12.5. The second-order valence-corrected chi connectivity index (χ2v) is 7.22. The molecule has 0 aromatic heterocycles. The van der Waals surface area contributed by atoms with E-state index in [0.29, 0.717) is 5.75 Å². The van der Waals surface area contributed by atoms with E-state index in [1.165, 1.54) is 26.0 Å². The summed E-state index contributed by atoms with van der Waals surface area (Å²) in [5.41, 5.74) is 1.02. The van der Waals surface area contributed by atoms with Crippen molar-refractivity contribution in [1.29, 1.82) is 0 Å². The highest BCUT2D eigenvalue weighted by atomic mass is 32.2. The number of benzene rings is 1. The lowest BCUT2D eigenvalue weighted by Crippen LogP contribution is -2.54. The molecule has 0 aliphatic carbocycles. The monoisotopic (exact) mass is 338 g/mol. The second-order valence-electron chi connectivity index (χ2n) is 4.63. The number of hydrogen-bond acceptors (Lipinski definition) is 6. The van der Waals surface area contributed by atoms with Crippen molar-refractivity contribution >= 4 is 41.5 Å². The van der Waals surface area contributed by atoms with Crippen LogP contribution in [0.5, 0.6) is 0 Å². The maximum atomic E-state index is 12.3. The molecule has 1 aliphatic heterocycles. The van der Waals surface area contributed by atoms with E-state index < -0.39 is 16.7 Å². The number of rotatable bonds is 4. The molecule has 1 atom stereocenters. The van der Waals surface area contributed by atoms with E-state index in [4.69, 9.17) is 9.47 Å².